The van der Waals surface area contributed by atoms with Crippen LogP contribution in [0.1, 0.15) is 0 Å². The number of para-hydroxylation sites is 3. The SMILES string of the molecule is c1ccc(-n2ccc3ccccc32)c(-n2nc3ccccc3n2)c1. The van der Waals surface area contributed by atoms with E-state index in [9.17, 15) is 0 Å². The summed E-state index contributed by atoms with van der Waals surface area (Å²) in [5.41, 5.74) is 4.96. The van der Waals surface area contributed by atoms with E-state index in [1.807, 2.05) is 42.5 Å². The van der Waals surface area contributed by atoms with Crippen molar-refractivity contribution in [3.05, 3.63) is 85.1 Å². The second-order valence-electron chi connectivity index (χ2n) is 5.71. The normalized spacial score (nSPS) is 11.3. The van der Waals surface area contributed by atoms with Crippen molar-refractivity contribution in [2.75, 3.05) is 0 Å². The van der Waals surface area contributed by atoms with Crippen LogP contribution in [0, 0.1) is 0 Å². The predicted molar refractivity (Wildman–Crippen MR) is 95.7 cm³/mol. The quantitative estimate of drug-likeness (QED) is 0.485. The van der Waals surface area contributed by atoms with Gasteiger partial charge in [0, 0.05) is 6.20 Å². The maximum atomic E-state index is 4.63. The molecular formula is C20H14N4. The van der Waals surface area contributed by atoms with Gasteiger partial charge in [0.05, 0.1) is 11.2 Å². The number of nitrogens with zero attached hydrogens (tertiary/aromatic N) is 4. The van der Waals surface area contributed by atoms with Crippen molar-refractivity contribution in [1.29, 1.82) is 0 Å². The number of rotatable bonds is 2. The summed E-state index contributed by atoms with van der Waals surface area (Å²) in [6.45, 7) is 0. The molecule has 0 atom stereocenters. The Morgan fingerprint density at radius 1 is 0.583 bits per heavy atom. The molecule has 0 aliphatic carbocycles. The zero-order chi connectivity index (χ0) is 15.9. The standard InChI is InChI=1S/C20H14N4/c1-4-10-18-15(7-1)13-14-23(18)19-11-5-6-12-20(19)24-21-16-8-2-3-9-17(16)22-24/h1-14H. The summed E-state index contributed by atoms with van der Waals surface area (Å²) in [7, 11) is 0. The van der Waals surface area contributed by atoms with Crippen molar-refractivity contribution in [3.63, 3.8) is 0 Å². The third-order valence-corrected chi connectivity index (χ3v) is 4.24. The van der Waals surface area contributed by atoms with E-state index >= 15 is 0 Å². The van der Waals surface area contributed by atoms with Crippen molar-refractivity contribution < 1.29 is 0 Å². The van der Waals surface area contributed by atoms with Crippen LogP contribution in [0.2, 0.25) is 0 Å². The number of hydrogen-bond acceptors (Lipinski definition) is 2. The van der Waals surface area contributed by atoms with Crippen LogP contribution in [0.3, 0.4) is 0 Å². The lowest BCUT2D eigenvalue weighted by molar-refractivity contribution is 0.759. The van der Waals surface area contributed by atoms with Crippen LogP contribution in [0.5, 0.6) is 0 Å². The lowest BCUT2D eigenvalue weighted by atomic mass is 10.2. The summed E-state index contributed by atoms with van der Waals surface area (Å²) in [6, 6.07) is 26.6. The monoisotopic (exact) mass is 310 g/mol. The predicted octanol–water partition coefficient (Wildman–Crippen LogP) is 4.36. The first-order chi connectivity index (χ1) is 11.9. The van der Waals surface area contributed by atoms with Gasteiger partial charge in [-0.2, -0.15) is 0 Å². The highest BCUT2D eigenvalue weighted by Crippen LogP contribution is 2.25. The van der Waals surface area contributed by atoms with E-state index in [4.69, 9.17) is 0 Å². The molecule has 0 bridgehead atoms. The topological polar surface area (TPSA) is 35.6 Å². The zero-order valence-corrected chi connectivity index (χ0v) is 12.9. The van der Waals surface area contributed by atoms with E-state index in [0.717, 1.165) is 22.4 Å². The molecule has 0 radical (unpaired) electrons. The van der Waals surface area contributed by atoms with E-state index in [-0.39, 0.29) is 0 Å². The molecule has 4 heteroatoms. The Morgan fingerprint density at radius 2 is 1.21 bits per heavy atom. The lowest BCUT2D eigenvalue weighted by Crippen LogP contribution is -2.04. The van der Waals surface area contributed by atoms with Gasteiger partial charge in [0.2, 0.25) is 0 Å². The first kappa shape index (κ1) is 13.1. The Morgan fingerprint density at radius 3 is 2.00 bits per heavy atom. The molecule has 24 heavy (non-hydrogen) atoms. The van der Waals surface area contributed by atoms with Gasteiger partial charge in [-0.05, 0) is 41.8 Å². The van der Waals surface area contributed by atoms with Gasteiger partial charge < -0.3 is 4.57 Å². The fourth-order valence-corrected chi connectivity index (χ4v) is 3.10. The van der Waals surface area contributed by atoms with Crippen LogP contribution >= 0.6 is 0 Å². The molecule has 0 N–H and O–H groups in total. The number of fused-ring (bicyclic) bond motifs is 2. The zero-order valence-electron chi connectivity index (χ0n) is 12.9. The largest absolute Gasteiger partial charge is 0.314 e. The van der Waals surface area contributed by atoms with Crippen LogP contribution in [0.25, 0.3) is 33.3 Å². The second-order valence-corrected chi connectivity index (χ2v) is 5.71. The molecule has 5 aromatic rings. The summed E-state index contributed by atoms with van der Waals surface area (Å²) >= 11 is 0. The van der Waals surface area contributed by atoms with Crippen LogP contribution < -0.4 is 0 Å². The van der Waals surface area contributed by atoms with E-state index in [1.165, 1.54) is 10.9 Å². The molecule has 0 aliphatic heterocycles. The fraction of sp³-hybridized carbons (Fsp3) is 0. The molecule has 0 saturated heterocycles. The van der Waals surface area contributed by atoms with Gasteiger partial charge in [-0.15, -0.1) is 15.0 Å². The minimum atomic E-state index is 0.893. The third kappa shape index (κ3) is 1.93. The van der Waals surface area contributed by atoms with Crippen molar-refractivity contribution >= 4 is 21.9 Å². The summed E-state index contributed by atoms with van der Waals surface area (Å²) in [5.74, 6) is 0. The molecule has 0 saturated carbocycles. The Kier molecular flexibility index (Phi) is 2.76. The molecule has 0 amide bonds. The summed E-state index contributed by atoms with van der Waals surface area (Å²) in [4.78, 5) is 1.72. The van der Waals surface area contributed by atoms with Gasteiger partial charge in [0.15, 0.2) is 0 Å². The van der Waals surface area contributed by atoms with E-state index in [2.05, 4.69) is 57.4 Å². The highest BCUT2D eigenvalue weighted by molar-refractivity contribution is 5.82. The molecule has 2 heterocycles. The summed E-state index contributed by atoms with van der Waals surface area (Å²) in [6.07, 6.45) is 2.09. The summed E-state index contributed by atoms with van der Waals surface area (Å²) < 4.78 is 2.18. The van der Waals surface area contributed by atoms with Crippen LogP contribution in [-0.4, -0.2) is 19.6 Å². The van der Waals surface area contributed by atoms with Gasteiger partial charge >= 0.3 is 0 Å². The maximum absolute atomic E-state index is 4.63. The molecule has 4 nitrogen and oxygen atoms in total. The van der Waals surface area contributed by atoms with E-state index in [0.29, 0.717) is 0 Å². The minimum absolute atomic E-state index is 0.893. The Bertz CT molecular complexity index is 1130. The van der Waals surface area contributed by atoms with E-state index < -0.39 is 0 Å². The van der Waals surface area contributed by atoms with Crippen LogP contribution in [0.15, 0.2) is 85.1 Å². The van der Waals surface area contributed by atoms with Crippen LogP contribution in [0.4, 0.5) is 0 Å². The number of hydrogen-bond donors (Lipinski definition) is 0. The lowest BCUT2D eigenvalue weighted by Gasteiger charge is -2.10. The molecular weight excluding hydrogens is 296 g/mol. The fourth-order valence-electron chi connectivity index (χ4n) is 3.10. The van der Waals surface area contributed by atoms with Gasteiger partial charge in [0.1, 0.15) is 16.7 Å². The molecule has 0 spiro atoms. The van der Waals surface area contributed by atoms with Crippen molar-refractivity contribution in [3.8, 4) is 11.4 Å². The van der Waals surface area contributed by atoms with Gasteiger partial charge in [0.25, 0.3) is 0 Å². The average Bonchev–Trinajstić information content (AvgIpc) is 3.26. The highest BCUT2D eigenvalue weighted by Gasteiger charge is 2.11. The van der Waals surface area contributed by atoms with Crippen molar-refractivity contribution in [1.82, 2.24) is 19.6 Å². The summed E-state index contributed by atoms with van der Waals surface area (Å²) in [5, 5.41) is 10.5. The first-order valence-electron chi connectivity index (χ1n) is 7.88. The Balaban J connectivity index is 1.76. The van der Waals surface area contributed by atoms with Crippen molar-refractivity contribution in [2.45, 2.75) is 0 Å². The highest BCUT2D eigenvalue weighted by atomic mass is 15.5. The number of aromatic nitrogens is 4. The molecule has 3 aromatic carbocycles. The number of benzene rings is 3. The minimum Gasteiger partial charge on any atom is -0.314 e. The van der Waals surface area contributed by atoms with Gasteiger partial charge in [-0.3, -0.25) is 0 Å². The molecule has 114 valence electrons. The molecule has 0 aliphatic rings. The second kappa shape index (κ2) is 5.06. The molecule has 2 aromatic heterocycles. The van der Waals surface area contributed by atoms with Gasteiger partial charge in [-0.25, -0.2) is 0 Å². The Hall–Kier alpha value is -3.40. The molecule has 0 fully saturated rings. The van der Waals surface area contributed by atoms with Gasteiger partial charge in [-0.1, -0.05) is 42.5 Å². The average molecular weight is 310 g/mol. The van der Waals surface area contributed by atoms with Crippen LogP contribution in [-0.2, 0) is 0 Å². The van der Waals surface area contributed by atoms with Crippen molar-refractivity contribution in [2.24, 2.45) is 0 Å². The third-order valence-electron chi connectivity index (χ3n) is 4.24. The van der Waals surface area contributed by atoms with E-state index in [1.54, 1.807) is 4.80 Å². The Labute approximate surface area is 138 Å². The molecule has 0 unspecified atom stereocenters. The first-order valence-corrected chi connectivity index (χ1v) is 7.88. The molecule has 5 rings (SSSR count). The maximum Gasteiger partial charge on any atom is 0.113 e. The smallest absolute Gasteiger partial charge is 0.113 e.